The van der Waals surface area contributed by atoms with E-state index in [0.29, 0.717) is 20.8 Å². The molecule has 0 aliphatic rings. The summed E-state index contributed by atoms with van der Waals surface area (Å²) in [5, 5.41) is 0.830. The number of carbonyl (C=O) groups excluding carboxylic acids is 1. The number of nitrogens with zero attached hydrogens (tertiary/aromatic N) is 2. The molecule has 2 rings (SSSR count). The average molecular weight is 295 g/mol. The van der Waals surface area contributed by atoms with Crippen molar-refractivity contribution in [2.24, 2.45) is 5.73 Å². The maximum absolute atomic E-state index is 11.2. The number of primary amides is 1. The smallest absolute Gasteiger partial charge is 0.250 e. The van der Waals surface area contributed by atoms with Crippen LogP contribution in [0.3, 0.4) is 0 Å². The number of hydrogen-bond acceptors (Lipinski definition) is 5. The van der Waals surface area contributed by atoms with Gasteiger partial charge in [-0.2, -0.15) is 0 Å². The van der Waals surface area contributed by atoms with Crippen molar-refractivity contribution < 1.29 is 4.79 Å². The molecule has 0 aliphatic carbocycles. The Labute approximate surface area is 119 Å². The molecule has 0 spiro atoms. The third kappa shape index (κ3) is 2.97. The molecule has 1 amide bonds. The van der Waals surface area contributed by atoms with Crippen LogP contribution in [0.2, 0.25) is 5.02 Å². The van der Waals surface area contributed by atoms with E-state index < -0.39 is 5.91 Å². The minimum absolute atomic E-state index is 0.269. The second kappa shape index (κ2) is 5.46. The van der Waals surface area contributed by atoms with Crippen LogP contribution in [-0.4, -0.2) is 15.9 Å². The van der Waals surface area contributed by atoms with Gasteiger partial charge in [0.2, 0.25) is 5.91 Å². The number of carbonyl (C=O) groups is 1. The van der Waals surface area contributed by atoms with Crippen LogP contribution in [0.25, 0.3) is 0 Å². The molecule has 1 aromatic heterocycles. The highest BCUT2D eigenvalue weighted by molar-refractivity contribution is 7.99. The summed E-state index contributed by atoms with van der Waals surface area (Å²) in [7, 11) is 0. The zero-order valence-corrected chi connectivity index (χ0v) is 11.6. The number of rotatable bonds is 3. The molecule has 2 aromatic rings. The molecule has 0 bridgehead atoms. The molecule has 0 radical (unpaired) electrons. The Bertz CT molecular complexity index is 648. The van der Waals surface area contributed by atoms with Gasteiger partial charge in [-0.05, 0) is 19.1 Å². The van der Waals surface area contributed by atoms with Crippen molar-refractivity contribution in [3.63, 3.8) is 0 Å². The van der Waals surface area contributed by atoms with Crippen molar-refractivity contribution in [2.45, 2.75) is 16.8 Å². The van der Waals surface area contributed by atoms with Crippen LogP contribution in [0.1, 0.15) is 16.1 Å². The summed E-state index contributed by atoms with van der Waals surface area (Å²) in [5.41, 5.74) is 12.0. The predicted octanol–water partition coefficient (Wildman–Crippen LogP) is 2.27. The van der Waals surface area contributed by atoms with E-state index >= 15 is 0 Å². The molecule has 1 heterocycles. The van der Waals surface area contributed by atoms with Crippen LogP contribution in [0.5, 0.6) is 0 Å². The Balaban J connectivity index is 2.38. The van der Waals surface area contributed by atoms with Gasteiger partial charge in [0, 0.05) is 11.1 Å². The Morgan fingerprint density at radius 3 is 2.79 bits per heavy atom. The number of halogens is 1. The maximum atomic E-state index is 11.2. The molecule has 98 valence electrons. The highest BCUT2D eigenvalue weighted by Gasteiger charge is 2.13. The molecule has 7 heteroatoms. The van der Waals surface area contributed by atoms with Crippen LogP contribution in [-0.2, 0) is 0 Å². The Morgan fingerprint density at radius 2 is 2.16 bits per heavy atom. The van der Waals surface area contributed by atoms with E-state index in [1.165, 1.54) is 11.8 Å². The van der Waals surface area contributed by atoms with Gasteiger partial charge in [-0.1, -0.05) is 29.4 Å². The van der Waals surface area contributed by atoms with E-state index in [9.17, 15) is 4.79 Å². The zero-order chi connectivity index (χ0) is 14.0. The van der Waals surface area contributed by atoms with E-state index in [1.54, 1.807) is 31.3 Å². The largest absolute Gasteiger partial charge is 0.381 e. The molecular weight excluding hydrogens is 284 g/mol. The quantitative estimate of drug-likeness (QED) is 0.905. The number of anilines is 1. The first-order valence-electron chi connectivity index (χ1n) is 5.34. The summed E-state index contributed by atoms with van der Waals surface area (Å²) < 4.78 is 0. The van der Waals surface area contributed by atoms with Crippen LogP contribution < -0.4 is 11.5 Å². The number of nitrogen functional groups attached to an aromatic ring is 1. The molecule has 4 N–H and O–H groups in total. The summed E-state index contributed by atoms with van der Waals surface area (Å²) in [6.45, 7) is 1.80. The second-order valence-electron chi connectivity index (χ2n) is 3.79. The van der Waals surface area contributed by atoms with Crippen LogP contribution in [0.4, 0.5) is 5.82 Å². The zero-order valence-electron chi connectivity index (χ0n) is 10.1. The van der Waals surface area contributed by atoms with Gasteiger partial charge in [0.05, 0.1) is 16.3 Å². The van der Waals surface area contributed by atoms with E-state index in [0.717, 1.165) is 5.69 Å². The third-order valence-corrected chi connectivity index (χ3v) is 3.91. The fourth-order valence-corrected chi connectivity index (χ4v) is 2.59. The molecule has 1 aromatic carbocycles. The van der Waals surface area contributed by atoms with E-state index in [-0.39, 0.29) is 5.56 Å². The van der Waals surface area contributed by atoms with Crippen LogP contribution in [0, 0.1) is 6.92 Å². The molecular formula is C12H11ClN4OS. The van der Waals surface area contributed by atoms with Gasteiger partial charge in [-0.3, -0.25) is 4.79 Å². The van der Waals surface area contributed by atoms with Gasteiger partial charge in [0.15, 0.2) is 5.82 Å². The van der Waals surface area contributed by atoms with Crippen molar-refractivity contribution in [1.82, 2.24) is 9.97 Å². The molecule has 0 saturated heterocycles. The monoisotopic (exact) mass is 294 g/mol. The Hall–Kier alpha value is -1.79. The minimum Gasteiger partial charge on any atom is -0.381 e. The number of nitrogens with two attached hydrogens (primary N) is 2. The van der Waals surface area contributed by atoms with Gasteiger partial charge in [-0.25, -0.2) is 9.97 Å². The number of benzene rings is 1. The molecule has 0 unspecified atom stereocenters. The highest BCUT2D eigenvalue weighted by atomic mass is 35.5. The second-order valence-corrected chi connectivity index (χ2v) is 5.19. The standard InChI is InChI=1S/C12H11ClN4OS/c1-6-5-16-12(10(14)17-6)19-8-4-2-3-7(9(8)13)11(15)18/h2-5H,1H3,(H2,14,17)(H2,15,18). The minimum atomic E-state index is -0.574. The van der Waals surface area contributed by atoms with Crippen LogP contribution >= 0.6 is 23.4 Å². The van der Waals surface area contributed by atoms with Crippen molar-refractivity contribution in [3.05, 3.63) is 40.7 Å². The summed E-state index contributed by atoms with van der Waals surface area (Å²) in [5.74, 6) is -0.249. The summed E-state index contributed by atoms with van der Waals surface area (Å²) in [6.07, 6.45) is 1.62. The number of amides is 1. The van der Waals surface area contributed by atoms with Crippen molar-refractivity contribution >= 4 is 35.1 Å². The number of hydrogen-bond donors (Lipinski definition) is 2. The lowest BCUT2D eigenvalue weighted by molar-refractivity contribution is 0.1000. The van der Waals surface area contributed by atoms with E-state index in [4.69, 9.17) is 23.1 Å². The fourth-order valence-electron chi connectivity index (χ4n) is 1.45. The Kier molecular flexibility index (Phi) is 3.92. The first-order valence-corrected chi connectivity index (χ1v) is 6.53. The molecule has 19 heavy (non-hydrogen) atoms. The van der Waals surface area contributed by atoms with Gasteiger partial charge in [0.25, 0.3) is 0 Å². The first kappa shape index (κ1) is 13.6. The fraction of sp³-hybridized carbons (Fsp3) is 0.0833. The lowest BCUT2D eigenvalue weighted by Gasteiger charge is -2.08. The van der Waals surface area contributed by atoms with Crippen molar-refractivity contribution in [2.75, 3.05) is 5.73 Å². The third-order valence-electron chi connectivity index (χ3n) is 2.32. The summed E-state index contributed by atoms with van der Waals surface area (Å²) >= 11 is 7.37. The Morgan fingerprint density at radius 1 is 1.42 bits per heavy atom. The highest BCUT2D eigenvalue weighted by Crippen LogP contribution is 2.35. The van der Waals surface area contributed by atoms with Crippen molar-refractivity contribution in [1.29, 1.82) is 0 Å². The lowest BCUT2D eigenvalue weighted by atomic mass is 10.2. The normalized spacial score (nSPS) is 10.4. The van der Waals surface area contributed by atoms with E-state index in [2.05, 4.69) is 9.97 Å². The van der Waals surface area contributed by atoms with Gasteiger partial charge < -0.3 is 11.5 Å². The maximum Gasteiger partial charge on any atom is 0.250 e. The predicted molar refractivity (Wildman–Crippen MR) is 75.3 cm³/mol. The van der Waals surface area contributed by atoms with E-state index in [1.807, 2.05) is 0 Å². The number of aromatic nitrogens is 2. The molecule has 0 saturated carbocycles. The lowest BCUT2D eigenvalue weighted by Crippen LogP contribution is -2.11. The molecule has 0 fully saturated rings. The summed E-state index contributed by atoms with van der Waals surface area (Å²) in [4.78, 5) is 20.2. The molecule has 0 atom stereocenters. The summed E-state index contributed by atoms with van der Waals surface area (Å²) in [6, 6.07) is 5.03. The van der Waals surface area contributed by atoms with Gasteiger partial charge in [-0.15, -0.1) is 0 Å². The SMILES string of the molecule is Cc1cnc(Sc2cccc(C(N)=O)c2Cl)c(N)n1. The molecule has 5 nitrogen and oxygen atoms in total. The topological polar surface area (TPSA) is 94.9 Å². The number of aryl methyl sites for hydroxylation is 1. The van der Waals surface area contributed by atoms with Crippen LogP contribution in [0.15, 0.2) is 34.3 Å². The van der Waals surface area contributed by atoms with Gasteiger partial charge in [0.1, 0.15) is 5.03 Å². The van der Waals surface area contributed by atoms with Crippen molar-refractivity contribution in [3.8, 4) is 0 Å². The molecule has 0 aliphatic heterocycles. The van der Waals surface area contributed by atoms with Gasteiger partial charge >= 0.3 is 0 Å². The first-order chi connectivity index (χ1) is 8.99. The average Bonchev–Trinajstić information content (AvgIpc) is 2.34.